The molecule has 3 rings (SSSR count). The maximum atomic E-state index is 13.5. The first-order chi connectivity index (χ1) is 16.9. The van der Waals surface area contributed by atoms with Gasteiger partial charge in [0.1, 0.15) is 5.69 Å². The Hall–Kier alpha value is -4.43. The maximum Gasteiger partial charge on any atom is 0.273 e. The van der Waals surface area contributed by atoms with E-state index in [1.54, 1.807) is 30.0 Å². The molecule has 3 aromatic rings. The van der Waals surface area contributed by atoms with Crippen molar-refractivity contribution < 1.29 is 4.79 Å². The predicted octanol–water partition coefficient (Wildman–Crippen LogP) is 5.87. The molecule has 0 aliphatic heterocycles. The summed E-state index contributed by atoms with van der Waals surface area (Å²) in [4.78, 5) is 19.9. The number of amides is 1. The number of pyridine rings is 1. The van der Waals surface area contributed by atoms with Crippen molar-refractivity contribution in [3.05, 3.63) is 126 Å². The van der Waals surface area contributed by atoms with Crippen molar-refractivity contribution in [1.29, 1.82) is 5.26 Å². The summed E-state index contributed by atoms with van der Waals surface area (Å²) in [5.41, 5.74) is 5.59. The molecular weight excluding hydrogens is 432 g/mol. The summed E-state index contributed by atoms with van der Waals surface area (Å²) in [5, 5.41) is 13.2. The summed E-state index contributed by atoms with van der Waals surface area (Å²) < 4.78 is 0. The first-order valence-corrected chi connectivity index (χ1v) is 11.4. The standard InChI is InChI=1S/C30H30N4O/c1-5-25(13-12-23(3)18-31)19-32-24(4)20-34(21-26-14-10-22(2)11-15-26)30(35)29-17-16-27-8-6-7-9-28(27)33-29/h5-17,32H,1,4,19-21H2,2-3H3/b23-12+,25-13+. The summed E-state index contributed by atoms with van der Waals surface area (Å²) in [7, 11) is 0. The molecule has 0 radical (unpaired) electrons. The first kappa shape index (κ1) is 25.2. The van der Waals surface area contributed by atoms with Gasteiger partial charge in [-0.15, -0.1) is 0 Å². The highest BCUT2D eigenvalue weighted by molar-refractivity contribution is 5.95. The van der Waals surface area contributed by atoms with E-state index in [1.807, 2.05) is 67.6 Å². The van der Waals surface area contributed by atoms with E-state index in [0.29, 0.717) is 36.6 Å². The number of nitriles is 1. The van der Waals surface area contributed by atoms with Crippen LogP contribution in [0.2, 0.25) is 0 Å². The monoisotopic (exact) mass is 462 g/mol. The summed E-state index contributed by atoms with van der Waals surface area (Å²) in [6, 6.07) is 21.7. The molecule has 0 fully saturated rings. The number of carbonyl (C=O) groups is 1. The van der Waals surface area contributed by atoms with Gasteiger partial charge in [0, 0.05) is 29.7 Å². The van der Waals surface area contributed by atoms with Crippen molar-refractivity contribution >= 4 is 16.8 Å². The highest BCUT2D eigenvalue weighted by Crippen LogP contribution is 2.16. The Morgan fingerprint density at radius 1 is 1.11 bits per heavy atom. The Morgan fingerprint density at radius 3 is 2.57 bits per heavy atom. The zero-order valence-corrected chi connectivity index (χ0v) is 20.3. The van der Waals surface area contributed by atoms with E-state index in [1.165, 1.54) is 5.56 Å². The summed E-state index contributed by atoms with van der Waals surface area (Å²) >= 11 is 0. The van der Waals surface area contributed by atoms with Crippen LogP contribution in [0, 0.1) is 18.3 Å². The Labute approximate surface area is 207 Å². The number of benzene rings is 2. The fraction of sp³-hybridized carbons (Fsp3) is 0.167. The molecule has 5 nitrogen and oxygen atoms in total. The van der Waals surface area contributed by atoms with Gasteiger partial charge in [-0.3, -0.25) is 4.79 Å². The minimum Gasteiger partial charge on any atom is -0.383 e. The normalized spacial score (nSPS) is 11.6. The molecule has 0 aliphatic rings. The fourth-order valence-electron chi connectivity index (χ4n) is 3.44. The van der Waals surface area contributed by atoms with Gasteiger partial charge in [0.25, 0.3) is 5.91 Å². The first-order valence-electron chi connectivity index (χ1n) is 11.4. The number of nitrogens with zero attached hydrogens (tertiary/aromatic N) is 3. The lowest BCUT2D eigenvalue weighted by Gasteiger charge is -2.24. The van der Waals surface area contributed by atoms with Crippen LogP contribution in [0.4, 0.5) is 0 Å². The van der Waals surface area contributed by atoms with Gasteiger partial charge in [-0.1, -0.05) is 79.4 Å². The molecule has 176 valence electrons. The average molecular weight is 463 g/mol. The van der Waals surface area contributed by atoms with E-state index in [9.17, 15) is 4.79 Å². The minimum atomic E-state index is -0.161. The molecule has 0 bridgehead atoms. The maximum absolute atomic E-state index is 13.5. The average Bonchev–Trinajstić information content (AvgIpc) is 2.88. The van der Waals surface area contributed by atoms with Crippen LogP contribution in [0.15, 0.2) is 109 Å². The summed E-state index contributed by atoms with van der Waals surface area (Å²) in [6.07, 6.45) is 5.33. The van der Waals surface area contributed by atoms with Crippen LogP contribution in [-0.4, -0.2) is 28.9 Å². The second-order valence-corrected chi connectivity index (χ2v) is 8.40. The van der Waals surface area contributed by atoms with Crippen LogP contribution < -0.4 is 5.32 Å². The smallest absolute Gasteiger partial charge is 0.273 e. The number of allylic oxidation sites excluding steroid dienone is 3. The molecule has 1 amide bonds. The summed E-state index contributed by atoms with van der Waals surface area (Å²) in [5.74, 6) is -0.161. The van der Waals surface area contributed by atoms with E-state index in [4.69, 9.17) is 5.26 Å². The summed E-state index contributed by atoms with van der Waals surface area (Å²) in [6.45, 7) is 13.0. The largest absolute Gasteiger partial charge is 0.383 e. The third-order valence-corrected chi connectivity index (χ3v) is 5.51. The third-order valence-electron chi connectivity index (χ3n) is 5.51. The lowest BCUT2D eigenvalue weighted by molar-refractivity contribution is 0.0751. The molecular formula is C30H30N4O. The lowest BCUT2D eigenvalue weighted by atomic mass is 10.1. The highest BCUT2D eigenvalue weighted by atomic mass is 16.2. The van der Waals surface area contributed by atoms with Crippen molar-refractivity contribution in [2.45, 2.75) is 20.4 Å². The molecule has 0 unspecified atom stereocenters. The quantitative estimate of drug-likeness (QED) is 0.302. The molecule has 0 atom stereocenters. The van der Waals surface area contributed by atoms with Gasteiger partial charge in [-0.05, 0) is 43.2 Å². The number of aromatic nitrogens is 1. The molecule has 0 saturated carbocycles. The Kier molecular flexibility index (Phi) is 8.75. The molecule has 0 aliphatic carbocycles. The topological polar surface area (TPSA) is 69.0 Å². The van der Waals surface area contributed by atoms with Crippen molar-refractivity contribution in [2.24, 2.45) is 0 Å². The lowest BCUT2D eigenvalue weighted by Crippen LogP contribution is -2.35. The number of hydrogen-bond donors (Lipinski definition) is 1. The molecule has 1 heterocycles. The van der Waals surface area contributed by atoms with E-state index < -0.39 is 0 Å². The minimum absolute atomic E-state index is 0.161. The number of aryl methyl sites for hydroxylation is 1. The van der Waals surface area contributed by atoms with E-state index in [2.05, 4.69) is 29.5 Å². The molecule has 1 aromatic heterocycles. The number of nitrogens with one attached hydrogen (secondary N) is 1. The van der Waals surface area contributed by atoms with Crippen LogP contribution in [0.5, 0.6) is 0 Å². The number of rotatable bonds is 10. The Bertz CT molecular complexity index is 1330. The third kappa shape index (κ3) is 7.28. The van der Waals surface area contributed by atoms with E-state index in [-0.39, 0.29) is 5.91 Å². The number of hydrogen-bond acceptors (Lipinski definition) is 4. The van der Waals surface area contributed by atoms with Crippen LogP contribution in [0.3, 0.4) is 0 Å². The highest BCUT2D eigenvalue weighted by Gasteiger charge is 2.19. The second kappa shape index (κ2) is 12.2. The Balaban J connectivity index is 1.79. The molecule has 0 saturated heterocycles. The molecule has 2 aromatic carbocycles. The number of carbonyl (C=O) groups excluding carboxylic acids is 1. The van der Waals surface area contributed by atoms with Gasteiger partial charge in [0.15, 0.2) is 0 Å². The molecule has 0 spiro atoms. The van der Waals surface area contributed by atoms with Gasteiger partial charge in [0.05, 0.1) is 18.1 Å². The zero-order valence-electron chi connectivity index (χ0n) is 20.3. The number of para-hydroxylation sites is 1. The fourth-order valence-corrected chi connectivity index (χ4v) is 3.44. The van der Waals surface area contributed by atoms with Crippen molar-refractivity contribution in [3.8, 4) is 6.07 Å². The SMILES string of the molecule is C=C/C(=C\C=C(/C)C#N)CNC(=C)CN(Cc1ccc(C)cc1)C(=O)c1ccc2ccccc2n1. The van der Waals surface area contributed by atoms with Crippen LogP contribution in [0.25, 0.3) is 10.9 Å². The molecule has 35 heavy (non-hydrogen) atoms. The van der Waals surface area contributed by atoms with Crippen molar-refractivity contribution in [2.75, 3.05) is 13.1 Å². The molecule has 1 N–H and O–H groups in total. The predicted molar refractivity (Wildman–Crippen MR) is 142 cm³/mol. The van der Waals surface area contributed by atoms with Crippen molar-refractivity contribution in [3.63, 3.8) is 0 Å². The zero-order chi connectivity index (χ0) is 25.2. The second-order valence-electron chi connectivity index (χ2n) is 8.40. The van der Waals surface area contributed by atoms with Gasteiger partial charge < -0.3 is 10.2 Å². The van der Waals surface area contributed by atoms with Gasteiger partial charge >= 0.3 is 0 Å². The molecule has 5 heteroatoms. The van der Waals surface area contributed by atoms with E-state index >= 15 is 0 Å². The van der Waals surface area contributed by atoms with Crippen LogP contribution in [0.1, 0.15) is 28.5 Å². The van der Waals surface area contributed by atoms with Crippen molar-refractivity contribution in [1.82, 2.24) is 15.2 Å². The van der Waals surface area contributed by atoms with E-state index in [0.717, 1.165) is 22.0 Å². The van der Waals surface area contributed by atoms with Gasteiger partial charge in [0.2, 0.25) is 0 Å². The Morgan fingerprint density at radius 2 is 1.86 bits per heavy atom. The van der Waals surface area contributed by atoms with Gasteiger partial charge in [-0.2, -0.15) is 5.26 Å². The van der Waals surface area contributed by atoms with Crippen LogP contribution >= 0.6 is 0 Å². The van der Waals surface area contributed by atoms with Gasteiger partial charge in [-0.25, -0.2) is 4.98 Å². The number of fused-ring (bicyclic) bond motifs is 1. The van der Waals surface area contributed by atoms with Crippen LogP contribution in [-0.2, 0) is 6.54 Å².